The van der Waals surface area contributed by atoms with E-state index < -0.39 is 0 Å². The van der Waals surface area contributed by atoms with Crippen LogP contribution >= 0.6 is 0 Å². The molecule has 1 rings (SSSR count). The average molecular weight is 425 g/mol. The van der Waals surface area contributed by atoms with Crippen LogP contribution in [0.2, 0.25) is 0 Å². The molecule has 30 heavy (non-hydrogen) atoms. The second kappa shape index (κ2) is 18.5. The van der Waals surface area contributed by atoms with E-state index in [0.29, 0.717) is 82.2 Å². The molecule has 0 heterocycles. The predicted molar refractivity (Wildman–Crippen MR) is 106 cm³/mol. The summed E-state index contributed by atoms with van der Waals surface area (Å²) in [4.78, 5) is 24.4. The number of aldehydes is 2. The lowest BCUT2D eigenvalue weighted by molar-refractivity contribution is -0.0776. The lowest BCUT2D eigenvalue weighted by Crippen LogP contribution is -2.14. The van der Waals surface area contributed by atoms with Gasteiger partial charge in [-0.3, -0.25) is 9.59 Å². The van der Waals surface area contributed by atoms with Gasteiger partial charge in [0, 0.05) is 17.0 Å². The van der Waals surface area contributed by atoms with E-state index in [2.05, 4.69) is 10.0 Å². The summed E-state index contributed by atoms with van der Waals surface area (Å²) in [5, 5.41) is 3.35. The van der Waals surface area contributed by atoms with Crippen LogP contribution < -0.4 is 4.74 Å². The molecule has 11 heteroatoms. The molecular weight excluding hydrogens is 398 g/mol. The van der Waals surface area contributed by atoms with E-state index >= 15 is 0 Å². The zero-order chi connectivity index (χ0) is 21.7. The molecule has 0 bridgehead atoms. The Morgan fingerprint density at radius 2 is 1.40 bits per heavy atom. The Morgan fingerprint density at radius 1 is 0.800 bits per heavy atom. The van der Waals surface area contributed by atoms with Gasteiger partial charge in [0.25, 0.3) is 0 Å². The molecule has 1 aromatic rings. The topological polar surface area (TPSA) is 138 Å². The summed E-state index contributed by atoms with van der Waals surface area (Å²) in [6.45, 7) is 3.81. The maximum Gasteiger partial charge on any atom is 0.153 e. The fourth-order valence-electron chi connectivity index (χ4n) is 2.04. The van der Waals surface area contributed by atoms with Crippen LogP contribution in [0.3, 0.4) is 0 Å². The minimum Gasteiger partial charge on any atom is -0.490 e. The zero-order valence-electron chi connectivity index (χ0n) is 16.8. The molecule has 0 amide bonds. The van der Waals surface area contributed by atoms with Crippen molar-refractivity contribution in [2.24, 2.45) is 5.11 Å². The van der Waals surface area contributed by atoms with Crippen LogP contribution in [0.15, 0.2) is 23.3 Å². The van der Waals surface area contributed by atoms with Crippen molar-refractivity contribution < 1.29 is 38.0 Å². The Morgan fingerprint density at radius 3 is 2.00 bits per heavy atom. The normalized spacial score (nSPS) is 10.4. The third-order valence-electron chi connectivity index (χ3n) is 3.47. The van der Waals surface area contributed by atoms with Gasteiger partial charge in [0.1, 0.15) is 25.4 Å². The molecule has 1 aromatic carbocycles. The molecule has 166 valence electrons. The first-order valence-electron chi connectivity index (χ1n) is 9.38. The lowest BCUT2D eigenvalue weighted by atomic mass is 10.1. The average Bonchev–Trinajstić information content (AvgIpc) is 2.78. The van der Waals surface area contributed by atoms with Crippen LogP contribution in [0.5, 0.6) is 5.75 Å². The second-order valence-electron chi connectivity index (χ2n) is 5.61. The molecule has 0 saturated heterocycles. The summed E-state index contributed by atoms with van der Waals surface area (Å²) in [6.07, 6.45) is 1.35. The van der Waals surface area contributed by atoms with Crippen LogP contribution in [-0.2, 0) is 23.7 Å². The van der Waals surface area contributed by atoms with Gasteiger partial charge in [-0.2, -0.15) is 0 Å². The largest absolute Gasteiger partial charge is 0.490 e. The highest BCUT2D eigenvalue weighted by atomic mass is 16.7. The third-order valence-corrected chi connectivity index (χ3v) is 3.47. The van der Waals surface area contributed by atoms with Crippen molar-refractivity contribution in [3.63, 3.8) is 0 Å². The van der Waals surface area contributed by atoms with Gasteiger partial charge in [-0.15, -0.1) is 0 Å². The molecule has 11 nitrogen and oxygen atoms in total. The molecule has 0 atom stereocenters. The van der Waals surface area contributed by atoms with Gasteiger partial charge in [-0.25, -0.2) is 0 Å². The van der Waals surface area contributed by atoms with Gasteiger partial charge in [-0.1, -0.05) is 11.2 Å². The molecule has 0 fully saturated rings. The van der Waals surface area contributed by atoms with Crippen molar-refractivity contribution in [3.05, 3.63) is 39.8 Å². The van der Waals surface area contributed by atoms with Gasteiger partial charge in [0.05, 0.1) is 58.4 Å². The minimum atomic E-state index is 0.0886. The van der Waals surface area contributed by atoms with Crippen LogP contribution in [-0.4, -0.2) is 85.4 Å². The molecule has 0 saturated carbocycles. The van der Waals surface area contributed by atoms with Gasteiger partial charge in [-0.05, 0) is 17.7 Å². The van der Waals surface area contributed by atoms with E-state index in [4.69, 9.17) is 34.0 Å². The van der Waals surface area contributed by atoms with Gasteiger partial charge in [0.15, 0.2) is 6.29 Å². The number of carbonyl (C=O) groups excluding carboxylic acids is 2. The van der Waals surface area contributed by atoms with Gasteiger partial charge >= 0.3 is 0 Å². The molecular formula is C19H27N3O8. The Bertz CT molecular complexity index is 653. The second-order valence-corrected chi connectivity index (χ2v) is 5.61. The molecule has 0 radical (unpaired) electrons. The Hall–Kier alpha value is -2.53. The molecule has 0 unspecified atom stereocenters. The number of azide groups is 1. The molecule has 0 N–H and O–H groups in total. The van der Waals surface area contributed by atoms with Gasteiger partial charge < -0.3 is 28.4 Å². The molecule has 0 aromatic heterocycles. The molecule has 0 aliphatic heterocycles. The lowest BCUT2D eigenvalue weighted by Gasteiger charge is -2.10. The standard InChI is InChI=1S/C19H27N3O8/c20-22-21-3-4-25-5-6-26-7-8-27-9-10-28-16-29-11-12-30-19-13-17(14-23)1-2-18(19)15-24/h1-2,13-15H,3-12,16H2. The van der Waals surface area contributed by atoms with Crippen molar-refractivity contribution in [1.29, 1.82) is 0 Å². The smallest absolute Gasteiger partial charge is 0.153 e. The van der Waals surface area contributed by atoms with E-state index in [9.17, 15) is 9.59 Å². The fraction of sp³-hybridized carbons (Fsp3) is 0.579. The first-order chi connectivity index (χ1) is 14.8. The molecule has 0 aliphatic rings. The van der Waals surface area contributed by atoms with E-state index in [1.807, 2.05) is 0 Å². The highest BCUT2D eigenvalue weighted by Gasteiger charge is 2.04. The number of hydrogen-bond donors (Lipinski definition) is 0. The summed E-state index contributed by atoms with van der Waals surface area (Å²) in [5.41, 5.74) is 8.89. The van der Waals surface area contributed by atoms with Crippen LogP contribution in [0.25, 0.3) is 10.4 Å². The van der Waals surface area contributed by atoms with Crippen molar-refractivity contribution in [1.82, 2.24) is 0 Å². The quantitative estimate of drug-likeness (QED) is 0.0772. The number of carbonyl (C=O) groups is 2. The number of rotatable bonds is 20. The third kappa shape index (κ3) is 12.8. The minimum absolute atomic E-state index is 0.0886. The maximum atomic E-state index is 11.0. The van der Waals surface area contributed by atoms with Crippen molar-refractivity contribution in [2.45, 2.75) is 0 Å². The highest BCUT2D eigenvalue weighted by Crippen LogP contribution is 2.18. The summed E-state index contributed by atoms with van der Waals surface area (Å²) < 4.78 is 31.8. The van der Waals surface area contributed by atoms with E-state index in [-0.39, 0.29) is 20.0 Å². The molecule has 0 spiro atoms. The summed E-state index contributed by atoms with van der Waals surface area (Å²) in [5.74, 6) is 0.342. The Balaban J connectivity index is 1.87. The monoisotopic (exact) mass is 425 g/mol. The number of benzene rings is 1. The summed E-state index contributed by atoms with van der Waals surface area (Å²) >= 11 is 0. The van der Waals surface area contributed by atoms with E-state index in [0.717, 1.165) is 0 Å². The first kappa shape index (κ1) is 25.5. The fourth-order valence-corrected chi connectivity index (χ4v) is 2.04. The number of ether oxygens (including phenoxy) is 6. The number of hydrogen-bond acceptors (Lipinski definition) is 9. The summed E-state index contributed by atoms with van der Waals surface area (Å²) in [6, 6.07) is 4.59. The number of nitrogens with zero attached hydrogens (tertiary/aromatic N) is 3. The van der Waals surface area contributed by atoms with Crippen molar-refractivity contribution >= 4 is 12.6 Å². The van der Waals surface area contributed by atoms with Crippen LogP contribution in [0.1, 0.15) is 20.7 Å². The first-order valence-corrected chi connectivity index (χ1v) is 9.38. The summed E-state index contributed by atoms with van der Waals surface area (Å²) in [7, 11) is 0. The Kier molecular flexibility index (Phi) is 15.7. The molecule has 0 aliphatic carbocycles. The Labute approximate surface area is 174 Å². The SMILES string of the molecule is [N-]=[N+]=NCCOCCOCCOCCOCOCCOc1cc(C=O)ccc1C=O. The van der Waals surface area contributed by atoms with Crippen molar-refractivity contribution in [2.75, 3.05) is 72.8 Å². The van der Waals surface area contributed by atoms with Crippen LogP contribution in [0.4, 0.5) is 0 Å². The zero-order valence-corrected chi connectivity index (χ0v) is 16.8. The predicted octanol–water partition coefficient (Wildman–Crippen LogP) is 2.04. The van der Waals surface area contributed by atoms with Crippen LogP contribution in [0, 0.1) is 0 Å². The van der Waals surface area contributed by atoms with E-state index in [1.54, 1.807) is 6.07 Å². The maximum absolute atomic E-state index is 11.0. The van der Waals surface area contributed by atoms with E-state index in [1.165, 1.54) is 12.1 Å². The van der Waals surface area contributed by atoms with Crippen molar-refractivity contribution in [3.8, 4) is 5.75 Å². The van der Waals surface area contributed by atoms with Gasteiger partial charge in [0.2, 0.25) is 0 Å². The highest BCUT2D eigenvalue weighted by molar-refractivity contribution is 5.83.